The number of thiazole rings is 1. The van der Waals surface area contributed by atoms with Crippen LogP contribution in [-0.4, -0.2) is 75.8 Å². The first-order valence-electron chi connectivity index (χ1n) is 12.7. The molecule has 3 aromatic rings. The van der Waals surface area contributed by atoms with Crippen molar-refractivity contribution in [2.45, 2.75) is 12.7 Å². The minimum atomic E-state index is 0.0307. The zero-order valence-corrected chi connectivity index (χ0v) is 22.0. The molecule has 0 amide bonds. The Bertz CT molecular complexity index is 1150. The van der Waals surface area contributed by atoms with Gasteiger partial charge in [0.05, 0.1) is 52.9 Å². The number of allylic oxidation sites excluding steroid dienone is 4. The van der Waals surface area contributed by atoms with Gasteiger partial charge in [-0.25, -0.2) is 0 Å². The van der Waals surface area contributed by atoms with E-state index in [1.54, 1.807) is 0 Å². The SMILES string of the molecule is CC[s+]1c(/C=C/C=C/C=C/N2CCOCCOCCOCCOCC2)nc2c3ccccc3ccc21. The molecule has 36 heavy (non-hydrogen) atoms. The van der Waals surface area contributed by atoms with Crippen LogP contribution >= 0.6 is 10.5 Å². The van der Waals surface area contributed by atoms with E-state index in [1.807, 2.05) is 0 Å². The number of aryl methyl sites for hydroxylation is 1. The van der Waals surface area contributed by atoms with Gasteiger partial charge in [-0.2, -0.15) is 4.98 Å². The first-order chi connectivity index (χ1) is 17.9. The molecule has 0 radical (unpaired) electrons. The van der Waals surface area contributed by atoms with E-state index in [9.17, 15) is 0 Å². The third-order valence-corrected chi connectivity index (χ3v) is 8.09. The molecule has 7 heteroatoms. The van der Waals surface area contributed by atoms with Crippen LogP contribution in [0.1, 0.15) is 11.9 Å². The van der Waals surface area contributed by atoms with Crippen LogP contribution in [0.3, 0.4) is 0 Å². The number of fused-ring (bicyclic) bond motifs is 3. The number of hydrogen-bond acceptors (Lipinski definition) is 6. The van der Waals surface area contributed by atoms with Gasteiger partial charge in [0.2, 0.25) is 4.70 Å². The van der Waals surface area contributed by atoms with E-state index in [1.165, 1.54) is 15.5 Å². The molecular weight excluding hydrogens is 472 g/mol. The molecule has 1 unspecified atom stereocenters. The minimum Gasteiger partial charge on any atom is -0.377 e. The highest BCUT2D eigenvalue weighted by Gasteiger charge is 2.20. The van der Waals surface area contributed by atoms with Gasteiger partial charge < -0.3 is 23.8 Å². The zero-order chi connectivity index (χ0) is 24.8. The van der Waals surface area contributed by atoms with Gasteiger partial charge in [-0.05, 0) is 30.7 Å². The summed E-state index contributed by atoms with van der Waals surface area (Å²) >= 11 is 0. The fourth-order valence-corrected chi connectivity index (χ4v) is 5.97. The van der Waals surface area contributed by atoms with Gasteiger partial charge in [0.25, 0.3) is 5.01 Å². The molecule has 1 atom stereocenters. The first kappa shape index (κ1) is 26.5. The molecule has 6 nitrogen and oxygen atoms in total. The number of hydrogen-bond donors (Lipinski definition) is 0. The molecule has 0 spiro atoms. The second kappa shape index (κ2) is 14.9. The Morgan fingerprint density at radius 2 is 1.42 bits per heavy atom. The molecule has 4 rings (SSSR count). The van der Waals surface area contributed by atoms with Crippen LogP contribution in [-0.2, 0) is 24.7 Å². The summed E-state index contributed by atoms with van der Waals surface area (Å²) in [5.41, 5.74) is 1.14. The van der Waals surface area contributed by atoms with Crippen molar-refractivity contribution in [3.05, 3.63) is 71.9 Å². The van der Waals surface area contributed by atoms with Crippen molar-refractivity contribution in [1.29, 1.82) is 0 Å². The Balaban J connectivity index is 1.35. The van der Waals surface area contributed by atoms with E-state index in [-0.39, 0.29) is 10.5 Å². The summed E-state index contributed by atoms with van der Waals surface area (Å²) < 4.78 is 23.7. The van der Waals surface area contributed by atoms with Gasteiger partial charge >= 0.3 is 0 Å². The summed E-state index contributed by atoms with van der Waals surface area (Å²) in [4.78, 5) is 7.24. The predicted octanol–water partition coefficient (Wildman–Crippen LogP) is 5.62. The lowest BCUT2D eigenvalue weighted by Gasteiger charge is -2.20. The highest BCUT2D eigenvalue weighted by Crippen LogP contribution is 2.38. The Morgan fingerprint density at radius 3 is 2.11 bits per heavy atom. The van der Waals surface area contributed by atoms with Crippen molar-refractivity contribution in [3.8, 4) is 0 Å². The molecule has 1 aliphatic rings. The maximum Gasteiger partial charge on any atom is 0.267 e. The Morgan fingerprint density at radius 1 is 0.778 bits per heavy atom. The van der Waals surface area contributed by atoms with Gasteiger partial charge in [-0.3, -0.25) is 0 Å². The summed E-state index contributed by atoms with van der Waals surface area (Å²) in [6.07, 6.45) is 12.5. The fraction of sp³-hybridized carbons (Fsp3) is 0.414. The predicted molar refractivity (Wildman–Crippen MR) is 150 cm³/mol. The van der Waals surface area contributed by atoms with E-state index in [4.69, 9.17) is 23.9 Å². The largest absolute Gasteiger partial charge is 0.377 e. The van der Waals surface area contributed by atoms with Crippen LogP contribution in [0.4, 0.5) is 0 Å². The molecule has 2 aromatic carbocycles. The lowest BCUT2D eigenvalue weighted by atomic mass is 10.1. The van der Waals surface area contributed by atoms with Crippen molar-refractivity contribution in [2.24, 2.45) is 0 Å². The maximum absolute atomic E-state index is 5.69. The maximum atomic E-state index is 5.69. The molecule has 1 fully saturated rings. The van der Waals surface area contributed by atoms with Gasteiger partial charge in [0.15, 0.2) is 0 Å². The zero-order valence-electron chi connectivity index (χ0n) is 21.1. The van der Waals surface area contributed by atoms with E-state index in [0.29, 0.717) is 52.9 Å². The monoisotopic (exact) mass is 509 g/mol. The fourth-order valence-electron chi connectivity index (χ4n) is 4.07. The molecule has 0 N–H and O–H groups in total. The third-order valence-electron chi connectivity index (χ3n) is 5.92. The van der Waals surface area contributed by atoms with E-state index in [0.717, 1.165) is 29.4 Å². The number of rotatable bonds is 5. The number of aromatic nitrogens is 1. The van der Waals surface area contributed by atoms with E-state index < -0.39 is 0 Å². The molecule has 2 heterocycles. The second-order valence-corrected chi connectivity index (χ2v) is 10.6. The number of benzene rings is 2. The highest BCUT2D eigenvalue weighted by molar-refractivity contribution is 7.37. The van der Waals surface area contributed by atoms with Gasteiger partial charge in [0.1, 0.15) is 11.3 Å². The summed E-state index contributed by atoms with van der Waals surface area (Å²) in [6.45, 7) is 8.74. The molecular formula is C29H37N2O4S+. The van der Waals surface area contributed by atoms with Crippen molar-refractivity contribution in [2.75, 3.05) is 65.9 Å². The standard InChI is InChI=1S/C29H37N2O4S/c1-2-36-27-13-12-25-9-6-7-10-26(25)29(27)30-28(36)11-5-3-4-8-14-31-15-17-32-19-21-34-23-24-35-22-20-33-18-16-31/h3-14H,2,15-24H2,1H3/q+1/b4-3+,11-5+,14-8+. The average Bonchev–Trinajstić information content (AvgIpc) is 3.27. The second-order valence-electron chi connectivity index (χ2n) is 8.33. The van der Waals surface area contributed by atoms with Gasteiger partial charge in [-0.15, -0.1) is 0 Å². The lowest BCUT2D eigenvalue weighted by molar-refractivity contribution is 0.00206. The quantitative estimate of drug-likeness (QED) is 0.329. The first-order valence-corrected chi connectivity index (χ1v) is 14.1. The van der Waals surface area contributed by atoms with Crippen molar-refractivity contribution < 1.29 is 18.9 Å². The van der Waals surface area contributed by atoms with Crippen LogP contribution in [0.5, 0.6) is 0 Å². The Labute approximate surface area is 216 Å². The van der Waals surface area contributed by atoms with Crippen LogP contribution in [0.25, 0.3) is 27.1 Å². The Kier molecular flexibility index (Phi) is 11.0. The normalized spacial score (nSPS) is 18.5. The third kappa shape index (κ3) is 7.72. The number of ether oxygens (including phenoxy) is 4. The van der Waals surface area contributed by atoms with E-state index in [2.05, 4.69) is 84.8 Å². The molecule has 192 valence electrons. The summed E-state index contributed by atoms with van der Waals surface area (Å²) in [5.74, 6) is 1.06. The van der Waals surface area contributed by atoms with Crippen molar-refractivity contribution >= 4 is 37.5 Å². The summed E-state index contributed by atoms with van der Waals surface area (Å²) in [5, 5.41) is 3.64. The van der Waals surface area contributed by atoms with Crippen molar-refractivity contribution in [1.82, 2.24) is 9.88 Å². The summed E-state index contributed by atoms with van der Waals surface area (Å²) in [6, 6.07) is 13.0. The molecule has 0 saturated carbocycles. The molecule has 1 aliphatic heterocycles. The Hall–Kier alpha value is -2.55. The van der Waals surface area contributed by atoms with Gasteiger partial charge in [0, 0.05) is 41.1 Å². The molecule has 0 aliphatic carbocycles. The average molecular weight is 510 g/mol. The van der Waals surface area contributed by atoms with Crippen LogP contribution in [0.2, 0.25) is 0 Å². The topological polar surface area (TPSA) is 53.1 Å². The highest BCUT2D eigenvalue weighted by atomic mass is 32.2. The van der Waals surface area contributed by atoms with E-state index >= 15 is 0 Å². The minimum absolute atomic E-state index is 0.0307. The van der Waals surface area contributed by atoms with Crippen LogP contribution in [0.15, 0.2) is 66.9 Å². The molecule has 1 aromatic heterocycles. The lowest BCUT2D eigenvalue weighted by Crippen LogP contribution is -2.27. The molecule has 0 bridgehead atoms. The van der Waals surface area contributed by atoms with Crippen LogP contribution in [0, 0.1) is 0 Å². The van der Waals surface area contributed by atoms with Gasteiger partial charge in [-0.1, -0.05) is 42.5 Å². The number of nitrogens with zero attached hydrogens (tertiary/aromatic N) is 2. The van der Waals surface area contributed by atoms with Crippen LogP contribution < -0.4 is 0 Å². The smallest absolute Gasteiger partial charge is 0.267 e. The summed E-state index contributed by atoms with van der Waals surface area (Å²) in [7, 11) is 0.0307. The van der Waals surface area contributed by atoms with Crippen molar-refractivity contribution in [3.63, 3.8) is 0 Å². The molecule has 1 saturated heterocycles.